The summed E-state index contributed by atoms with van der Waals surface area (Å²) in [5.74, 6) is 0.973. The van der Waals surface area contributed by atoms with Gasteiger partial charge >= 0.3 is 5.97 Å². The van der Waals surface area contributed by atoms with E-state index in [1.165, 1.54) is 25.7 Å². The molecule has 1 aromatic rings. The van der Waals surface area contributed by atoms with Crippen LogP contribution in [0.1, 0.15) is 49.2 Å². The summed E-state index contributed by atoms with van der Waals surface area (Å²) in [5.41, 5.74) is 0.881. The van der Waals surface area contributed by atoms with Crippen molar-refractivity contribution < 1.29 is 9.90 Å². The van der Waals surface area contributed by atoms with Crippen molar-refractivity contribution in [3.05, 3.63) is 17.7 Å². The monoisotopic (exact) mass is 206 g/mol. The molecule has 2 saturated carbocycles. The van der Waals surface area contributed by atoms with E-state index in [9.17, 15) is 4.79 Å². The third-order valence-corrected chi connectivity index (χ3v) is 3.09. The molecule has 1 N–H and O–H groups in total. The van der Waals surface area contributed by atoms with E-state index >= 15 is 0 Å². The van der Waals surface area contributed by atoms with Crippen molar-refractivity contribution in [3.63, 3.8) is 0 Å². The molecular formula is C11H14N2O2. The number of carboxylic acid groups (broad SMARTS) is 1. The molecule has 2 aliphatic rings. The lowest BCUT2D eigenvalue weighted by molar-refractivity contribution is -0.136. The van der Waals surface area contributed by atoms with Gasteiger partial charge in [0.15, 0.2) is 0 Å². The molecule has 15 heavy (non-hydrogen) atoms. The fourth-order valence-electron chi connectivity index (χ4n) is 2.10. The van der Waals surface area contributed by atoms with Crippen LogP contribution in [0.4, 0.5) is 0 Å². The summed E-state index contributed by atoms with van der Waals surface area (Å²) in [6, 6.07) is 0.539. The Labute approximate surface area is 87.9 Å². The van der Waals surface area contributed by atoms with Crippen molar-refractivity contribution in [1.82, 2.24) is 9.55 Å². The van der Waals surface area contributed by atoms with Gasteiger partial charge in [-0.1, -0.05) is 0 Å². The second-order valence-electron chi connectivity index (χ2n) is 4.55. The largest absolute Gasteiger partial charge is 0.481 e. The Morgan fingerprint density at radius 3 is 2.73 bits per heavy atom. The quantitative estimate of drug-likeness (QED) is 0.816. The fourth-order valence-corrected chi connectivity index (χ4v) is 2.10. The SMILES string of the molecule is O=C(O)Cc1cnc(C2CC2)n1C1CC1. The van der Waals surface area contributed by atoms with Crippen LogP contribution >= 0.6 is 0 Å². The molecule has 2 aliphatic carbocycles. The highest BCUT2D eigenvalue weighted by Gasteiger charge is 2.35. The molecule has 0 atom stereocenters. The van der Waals surface area contributed by atoms with Crippen molar-refractivity contribution in [2.45, 2.75) is 44.1 Å². The first kappa shape index (κ1) is 8.95. The molecule has 0 unspecified atom stereocenters. The zero-order chi connectivity index (χ0) is 10.4. The van der Waals surface area contributed by atoms with Crippen LogP contribution in [-0.4, -0.2) is 20.6 Å². The number of rotatable bonds is 4. The maximum Gasteiger partial charge on any atom is 0.309 e. The van der Waals surface area contributed by atoms with Crippen molar-refractivity contribution in [1.29, 1.82) is 0 Å². The van der Waals surface area contributed by atoms with Gasteiger partial charge in [-0.2, -0.15) is 0 Å². The summed E-state index contributed by atoms with van der Waals surface area (Å²) in [6.07, 6.45) is 6.66. The average molecular weight is 206 g/mol. The highest BCUT2D eigenvalue weighted by molar-refractivity contribution is 5.69. The molecule has 0 bridgehead atoms. The summed E-state index contributed by atoms with van der Waals surface area (Å²) in [6.45, 7) is 0. The molecule has 4 nitrogen and oxygen atoms in total. The summed E-state index contributed by atoms with van der Waals surface area (Å²) in [5, 5.41) is 8.82. The Morgan fingerprint density at radius 2 is 2.20 bits per heavy atom. The number of hydrogen-bond acceptors (Lipinski definition) is 2. The third kappa shape index (κ3) is 1.64. The minimum atomic E-state index is -0.765. The van der Waals surface area contributed by atoms with E-state index in [0.29, 0.717) is 12.0 Å². The maximum atomic E-state index is 10.7. The van der Waals surface area contributed by atoms with Gasteiger partial charge in [0.2, 0.25) is 0 Å². The minimum absolute atomic E-state index is 0.107. The van der Waals surface area contributed by atoms with Crippen LogP contribution in [0.2, 0.25) is 0 Å². The zero-order valence-electron chi connectivity index (χ0n) is 8.52. The maximum absolute atomic E-state index is 10.7. The number of carbonyl (C=O) groups is 1. The molecule has 0 aromatic carbocycles. The number of imidazole rings is 1. The van der Waals surface area contributed by atoms with E-state index in [-0.39, 0.29) is 6.42 Å². The van der Waals surface area contributed by atoms with E-state index in [1.807, 2.05) is 0 Å². The molecule has 1 aromatic heterocycles. The second-order valence-corrected chi connectivity index (χ2v) is 4.55. The first-order valence-corrected chi connectivity index (χ1v) is 5.53. The number of hydrogen-bond donors (Lipinski definition) is 1. The molecule has 2 fully saturated rings. The molecule has 1 heterocycles. The molecule has 0 spiro atoms. The molecular weight excluding hydrogens is 192 g/mol. The van der Waals surface area contributed by atoms with Gasteiger partial charge in [-0.3, -0.25) is 4.79 Å². The smallest absolute Gasteiger partial charge is 0.309 e. The zero-order valence-corrected chi connectivity index (χ0v) is 8.52. The lowest BCUT2D eigenvalue weighted by atomic mass is 10.3. The summed E-state index contributed by atoms with van der Waals surface area (Å²) in [4.78, 5) is 15.1. The van der Waals surface area contributed by atoms with Crippen LogP contribution in [-0.2, 0) is 11.2 Å². The van der Waals surface area contributed by atoms with Gasteiger partial charge in [-0.25, -0.2) is 4.98 Å². The van der Waals surface area contributed by atoms with Gasteiger partial charge in [0.1, 0.15) is 5.82 Å². The number of nitrogens with zero attached hydrogens (tertiary/aromatic N) is 2. The van der Waals surface area contributed by atoms with E-state index < -0.39 is 5.97 Å². The Morgan fingerprint density at radius 1 is 1.47 bits per heavy atom. The van der Waals surface area contributed by atoms with E-state index in [2.05, 4.69) is 9.55 Å². The van der Waals surface area contributed by atoms with E-state index in [1.54, 1.807) is 6.20 Å². The average Bonchev–Trinajstić information content (AvgIpc) is 3.06. The number of aromatic nitrogens is 2. The molecule has 80 valence electrons. The predicted molar refractivity (Wildman–Crippen MR) is 53.8 cm³/mol. The van der Waals surface area contributed by atoms with Crippen LogP contribution in [0, 0.1) is 0 Å². The lowest BCUT2D eigenvalue weighted by Crippen LogP contribution is -2.09. The van der Waals surface area contributed by atoms with Crippen LogP contribution < -0.4 is 0 Å². The summed E-state index contributed by atoms with van der Waals surface area (Å²) >= 11 is 0. The molecule has 0 saturated heterocycles. The van der Waals surface area contributed by atoms with Crippen LogP contribution in [0.5, 0.6) is 0 Å². The second kappa shape index (κ2) is 3.08. The van der Waals surface area contributed by atoms with Gasteiger partial charge in [-0.05, 0) is 25.7 Å². The Bertz CT molecular complexity index is 403. The Balaban J connectivity index is 1.94. The topological polar surface area (TPSA) is 55.1 Å². The molecule has 4 heteroatoms. The van der Waals surface area contributed by atoms with Crippen LogP contribution in [0.25, 0.3) is 0 Å². The third-order valence-electron chi connectivity index (χ3n) is 3.09. The standard InChI is InChI=1S/C11H14N2O2/c14-10(15)5-9-6-12-11(7-1-2-7)13(9)8-3-4-8/h6-8H,1-5H2,(H,14,15). The van der Waals surface area contributed by atoms with Crippen molar-refractivity contribution in [2.75, 3.05) is 0 Å². The van der Waals surface area contributed by atoms with Crippen LogP contribution in [0.15, 0.2) is 6.20 Å². The van der Waals surface area contributed by atoms with Gasteiger partial charge in [0.25, 0.3) is 0 Å². The molecule has 0 amide bonds. The van der Waals surface area contributed by atoms with E-state index in [4.69, 9.17) is 5.11 Å². The highest BCUT2D eigenvalue weighted by atomic mass is 16.4. The molecule has 0 radical (unpaired) electrons. The first-order chi connectivity index (χ1) is 7.25. The van der Waals surface area contributed by atoms with Crippen molar-refractivity contribution in [2.24, 2.45) is 0 Å². The summed E-state index contributed by atoms with van der Waals surface area (Å²) in [7, 11) is 0. The Hall–Kier alpha value is -1.32. The number of carboxylic acids is 1. The van der Waals surface area contributed by atoms with Gasteiger partial charge in [0.05, 0.1) is 6.42 Å². The van der Waals surface area contributed by atoms with Crippen LogP contribution in [0.3, 0.4) is 0 Å². The van der Waals surface area contributed by atoms with E-state index in [0.717, 1.165) is 11.5 Å². The van der Waals surface area contributed by atoms with Gasteiger partial charge < -0.3 is 9.67 Å². The normalized spacial score (nSPS) is 20.5. The minimum Gasteiger partial charge on any atom is -0.481 e. The summed E-state index contributed by atoms with van der Waals surface area (Å²) < 4.78 is 2.19. The highest BCUT2D eigenvalue weighted by Crippen LogP contribution is 2.45. The van der Waals surface area contributed by atoms with Gasteiger partial charge in [-0.15, -0.1) is 0 Å². The first-order valence-electron chi connectivity index (χ1n) is 5.53. The van der Waals surface area contributed by atoms with Crippen molar-refractivity contribution in [3.8, 4) is 0 Å². The predicted octanol–water partition coefficient (Wildman–Crippen LogP) is 1.72. The molecule has 0 aliphatic heterocycles. The number of aliphatic carboxylic acids is 1. The van der Waals surface area contributed by atoms with Crippen molar-refractivity contribution >= 4 is 5.97 Å². The molecule has 3 rings (SSSR count). The lowest BCUT2D eigenvalue weighted by Gasteiger charge is -2.08. The Kier molecular flexibility index (Phi) is 1.84. The fraction of sp³-hybridized carbons (Fsp3) is 0.636. The van der Waals surface area contributed by atoms with Gasteiger partial charge in [0, 0.05) is 23.9 Å².